The van der Waals surface area contributed by atoms with Crippen LogP contribution in [-0.2, 0) is 6.54 Å². The third-order valence-electron chi connectivity index (χ3n) is 3.86. The van der Waals surface area contributed by atoms with E-state index in [0.29, 0.717) is 18.3 Å². The minimum absolute atomic E-state index is 0.225. The van der Waals surface area contributed by atoms with Gasteiger partial charge in [-0.3, -0.25) is 15.1 Å². The van der Waals surface area contributed by atoms with Crippen LogP contribution in [0.5, 0.6) is 0 Å². The molecule has 0 spiro atoms. The van der Waals surface area contributed by atoms with Gasteiger partial charge in [-0.15, -0.1) is 0 Å². The number of hydrazine groups is 1. The Kier molecular flexibility index (Phi) is 4.55. The van der Waals surface area contributed by atoms with Crippen LogP contribution in [0.1, 0.15) is 48.9 Å². The molecule has 0 saturated heterocycles. The topological polar surface area (TPSA) is 84.4 Å². The van der Waals surface area contributed by atoms with Crippen LogP contribution < -0.4 is 11.3 Å². The highest BCUT2D eigenvalue weighted by Crippen LogP contribution is 2.27. The minimum Gasteiger partial charge on any atom is -0.359 e. The van der Waals surface area contributed by atoms with Crippen LogP contribution in [0.3, 0.4) is 0 Å². The highest BCUT2D eigenvalue weighted by Gasteiger charge is 2.23. The highest BCUT2D eigenvalue weighted by molar-refractivity contribution is 5.91. The summed E-state index contributed by atoms with van der Waals surface area (Å²) in [6.07, 6.45) is 5.06. The van der Waals surface area contributed by atoms with E-state index in [1.54, 1.807) is 6.07 Å². The Morgan fingerprint density at radius 2 is 2.42 bits per heavy atom. The zero-order valence-electron chi connectivity index (χ0n) is 11.6. The van der Waals surface area contributed by atoms with Crippen LogP contribution in [0, 0.1) is 5.92 Å². The van der Waals surface area contributed by atoms with E-state index in [0.717, 1.165) is 5.92 Å². The molecule has 0 aliphatic heterocycles. The third-order valence-corrected chi connectivity index (χ3v) is 3.86. The molecule has 3 N–H and O–H groups in total. The average Bonchev–Trinajstić information content (AvgIpc) is 2.86. The summed E-state index contributed by atoms with van der Waals surface area (Å²) < 4.78 is 5.17. The molecular weight excluding hydrogens is 244 g/mol. The molecule has 1 aromatic heterocycles. The molecule has 1 aliphatic carbocycles. The van der Waals surface area contributed by atoms with E-state index < -0.39 is 5.91 Å². The van der Waals surface area contributed by atoms with Gasteiger partial charge < -0.3 is 4.52 Å². The Labute approximate surface area is 113 Å². The van der Waals surface area contributed by atoms with Gasteiger partial charge in [-0.25, -0.2) is 5.84 Å². The van der Waals surface area contributed by atoms with Crippen LogP contribution in [-0.4, -0.2) is 29.1 Å². The van der Waals surface area contributed by atoms with Gasteiger partial charge in [0.15, 0.2) is 11.5 Å². The molecule has 6 nitrogen and oxygen atoms in total. The minimum atomic E-state index is -0.427. The summed E-state index contributed by atoms with van der Waals surface area (Å²) in [6.45, 7) is 2.97. The molecular formula is C13H22N4O2. The molecule has 2 unspecified atom stereocenters. The summed E-state index contributed by atoms with van der Waals surface area (Å²) in [7, 11) is 2.09. The second-order valence-electron chi connectivity index (χ2n) is 5.49. The number of rotatable bonds is 4. The zero-order valence-corrected chi connectivity index (χ0v) is 11.6. The van der Waals surface area contributed by atoms with Crippen molar-refractivity contribution in [2.75, 3.05) is 7.05 Å². The van der Waals surface area contributed by atoms with Gasteiger partial charge in [0, 0.05) is 12.1 Å². The lowest BCUT2D eigenvalue weighted by atomic mass is 9.86. The van der Waals surface area contributed by atoms with E-state index in [-0.39, 0.29) is 5.69 Å². The van der Waals surface area contributed by atoms with E-state index in [1.807, 2.05) is 5.43 Å². The molecule has 6 heteroatoms. The zero-order chi connectivity index (χ0) is 13.8. The van der Waals surface area contributed by atoms with Crippen molar-refractivity contribution in [3.63, 3.8) is 0 Å². The summed E-state index contributed by atoms with van der Waals surface area (Å²) in [6, 6.07) is 2.23. The maximum absolute atomic E-state index is 11.3. The molecule has 106 valence electrons. The first-order valence-corrected chi connectivity index (χ1v) is 6.77. The third kappa shape index (κ3) is 3.54. The number of nitrogens with two attached hydrogens (primary N) is 1. The molecule has 19 heavy (non-hydrogen) atoms. The van der Waals surface area contributed by atoms with Crippen LogP contribution in [0.15, 0.2) is 10.6 Å². The van der Waals surface area contributed by atoms with Crippen LogP contribution in [0.25, 0.3) is 0 Å². The number of carbonyl (C=O) groups is 1. The van der Waals surface area contributed by atoms with Crippen molar-refractivity contribution in [2.24, 2.45) is 11.8 Å². The van der Waals surface area contributed by atoms with E-state index in [9.17, 15) is 4.79 Å². The summed E-state index contributed by atoms with van der Waals surface area (Å²) >= 11 is 0. The normalized spacial score (nSPS) is 23.6. The Morgan fingerprint density at radius 3 is 3.11 bits per heavy atom. The maximum atomic E-state index is 11.3. The fourth-order valence-electron chi connectivity index (χ4n) is 2.75. The smallest absolute Gasteiger partial charge is 0.287 e. The summed E-state index contributed by atoms with van der Waals surface area (Å²) in [5, 5.41) is 3.71. The van der Waals surface area contributed by atoms with Gasteiger partial charge >= 0.3 is 0 Å². The van der Waals surface area contributed by atoms with E-state index in [2.05, 4.69) is 24.0 Å². The van der Waals surface area contributed by atoms with Crippen molar-refractivity contribution >= 4 is 5.91 Å². The number of aromatic nitrogens is 1. The van der Waals surface area contributed by atoms with Crippen molar-refractivity contribution in [1.29, 1.82) is 0 Å². The predicted molar refractivity (Wildman–Crippen MR) is 71.0 cm³/mol. The SMILES string of the molecule is CC1CCCC(N(C)Cc2cc(C(=O)NN)no2)C1. The van der Waals surface area contributed by atoms with Gasteiger partial charge in [0.2, 0.25) is 0 Å². The van der Waals surface area contributed by atoms with Crippen molar-refractivity contribution in [2.45, 2.75) is 45.2 Å². The standard InChI is InChI=1S/C13H22N4O2/c1-9-4-3-5-10(6-9)17(2)8-11-7-12(16-19-11)13(18)15-14/h7,9-10H,3-6,8,14H2,1-2H3,(H,15,18). The molecule has 2 atom stereocenters. The lowest BCUT2D eigenvalue weighted by Gasteiger charge is -2.33. The van der Waals surface area contributed by atoms with Crippen LogP contribution in [0.2, 0.25) is 0 Å². The maximum Gasteiger partial charge on any atom is 0.287 e. The van der Waals surface area contributed by atoms with E-state index in [4.69, 9.17) is 10.4 Å². The summed E-state index contributed by atoms with van der Waals surface area (Å²) in [5.74, 6) is 6.11. The lowest BCUT2D eigenvalue weighted by molar-refractivity contribution is 0.0944. The monoisotopic (exact) mass is 266 g/mol. The van der Waals surface area contributed by atoms with Crippen molar-refractivity contribution in [3.8, 4) is 0 Å². The Balaban J connectivity index is 1.93. The molecule has 1 aromatic rings. The number of nitrogen functional groups attached to an aromatic ring is 1. The second kappa shape index (κ2) is 6.16. The van der Waals surface area contributed by atoms with Crippen molar-refractivity contribution in [1.82, 2.24) is 15.5 Å². The van der Waals surface area contributed by atoms with Crippen LogP contribution in [0.4, 0.5) is 0 Å². The number of carbonyl (C=O) groups excluding carboxylic acids is 1. The molecule has 2 rings (SSSR count). The van der Waals surface area contributed by atoms with Gasteiger partial charge in [0.1, 0.15) is 0 Å². The molecule has 1 saturated carbocycles. The largest absolute Gasteiger partial charge is 0.359 e. The number of nitrogens with zero attached hydrogens (tertiary/aromatic N) is 2. The van der Waals surface area contributed by atoms with Crippen LogP contribution >= 0.6 is 0 Å². The first-order chi connectivity index (χ1) is 9.10. The van der Waals surface area contributed by atoms with Gasteiger partial charge in [0.05, 0.1) is 6.54 Å². The Morgan fingerprint density at radius 1 is 1.63 bits per heavy atom. The van der Waals surface area contributed by atoms with Gasteiger partial charge in [-0.1, -0.05) is 24.9 Å². The molecule has 1 heterocycles. The van der Waals surface area contributed by atoms with E-state index in [1.165, 1.54) is 25.7 Å². The van der Waals surface area contributed by atoms with Gasteiger partial charge in [-0.05, 0) is 25.8 Å². The number of amides is 1. The van der Waals surface area contributed by atoms with Crippen molar-refractivity contribution < 1.29 is 9.32 Å². The predicted octanol–water partition coefficient (Wildman–Crippen LogP) is 1.29. The fraction of sp³-hybridized carbons (Fsp3) is 0.692. The first kappa shape index (κ1) is 14.0. The fourth-order valence-corrected chi connectivity index (χ4v) is 2.75. The molecule has 1 fully saturated rings. The molecule has 0 radical (unpaired) electrons. The summed E-state index contributed by atoms with van der Waals surface area (Å²) in [5.41, 5.74) is 2.27. The van der Waals surface area contributed by atoms with Gasteiger partial charge in [0.25, 0.3) is 5.91 Å². The summed E-state index contributed by atoms with van der Waals surface area (Å²) in [4.78, 5) is 13.6. The lowest BCUT2D eigenvalue weighted by Crippen LogP contribution is -2.35. The first-order valence-electron chi connectivity index (χ1n) is 6.77. The molecule has 0 aromatic carbocycles. The number of nitrogens with one attached hydrogen (secondary N) is 1. The molecule has 1 aliphatic rings. The second-order valence-corrected chi connectivity index (χ2v) is 5.49. The molecule has 1 amide bonds. The Hall–Kier alpha value is -1.40. The quantitative estimate of drug-likeness (QED) is 0.487. The highest BCUT2D eigenvalue weighted by atomic mass is 16.5. The number of hydrogen-bond donors (Lipinski definition) is 2. The molecule has 0 bridgehead atoms. The van der Waals surface area contributed by atoms with E-state index >= 15 is 0 Å². The Bertz CT molecular complexity index is 432. The van der Waals surface area contributed by atoms with Gasteiger partial charge in [-0.2, -0.15) is 0 Å². The van der Waals surface area contributed by atoms with Crippen molar-refractivity contribution in [3.05, 3.63) is 17.5 Å². The average molecular weight is 266 g/mol. The number of hydrogen-bond acceptors (Lipinski definition) is 5.